The first kappa shape index (κ1) is 20.6. The molecular formula is C35H20BN2O2+. The van der Waals surface area contributed by atoms with E-state index in [9.17, 15) is 0 Å². The minimum absolute atomic E-state index is 0.0940. The average molecular weight is 511 g/mol. The highest BCUT2D eigenvalue weighted by atomic mass is 16.5. The zero-order valence-electron chi connectivity index (χ0n) is 21.3. The van der Waals surface area contributed by atoms with E-state index in [0.717, 1.165) is 39.3 Å². The molecular weight excluding hydrogens is 491 g/mol. The van der Waals surface area contributed by atoms with E-state index in [2.05, 4.69) is 118 Å². The minimum Gasteiger partial charge on any atom is -0.458 e. The van der Waals surface area contributed by atoms with Crippen LogP contribution in [0.5, 0.6) is 11.5 Å². The second-order valence-corrected chi connectivity index (χ2v) is 10.7. The molecule has 0 atom stereocenters. The molecule has 5 heteroatoms. The molecule has 0 bridgehead atoms. The van der Waals surface area contributed by atoms with Gasteiger partial charge in [-0.3, -0.25) is 0 Å². The number of hydrogen-bond acceptors (Lipinski definition) is 2. The third-order valence-electron chi connectivity index (χ3n) is 8.75. The van der Waals surface area contributed by atoms with Crippen LogP contribution in [0.4, 0.5) is 0 Å². The van der Waals surface area contributed by atoms with Crippen molar-refractivity contribution in [1.82, 2.24) is 4.57 Å². The normalized spacial score (nSPS) is 13.2. The number of benzene rings is 5. The fourth-order valence-electron chi connectivity index (χ4n) is 7.12. The number of hydrogen-bond donors (Lipinski definition) is 0. The molecule has 4 nitrogen and oxygen atoms in total. The SMILES string of the molecule is c1cc2c3c(c1)-n1c4ccccc4c4cccc(c41)B3c1ccc(-[n+]3cccc4c5ccccc5oc43)cc1O2. The number of pyridine rings is 1. The summed E-state index contributed by atoms with van der Waals surface area (Å²) in [5.74, 6) is 1.80. The van der Waals surface area contributed by atoms with Crippen molar-refractivity contribution < 1.29 is 13.7 Å². The molecule has 0 unspecified atom stereocenters. The fourth-order valence-corrected chi connectivity index (χ4v) is 7.12. The van der Waals surface area contributed by atoms with E-state index < -0.39 is 0 Å². The topological polar surface area (TPSA) is 31.2 Å². The Morgan fingerprint density at radius 1 is 0.625 bits per heavy atom. The third kappa shape index (κ3) is 2.46. The van der Waals surface area contributed by atoms with Crippen LogP contribution in [-0.2, 0) is 0 Å². The van der Waals surface area contributed by atoms with Gasteiger partial charge in [-0.25, -0.2) is 0 Å². The van der Waals surface area contributed by atoms with Crippen molar-refractivity contribution in [2.45, 2.75) is 0 Å². The molecule has 8 aromatic rings. The highest BCUT2D eigenvalue weighted by Gasteiger charge is 2.40. The molecule has 0 N–H and O–H groups in total. The quantitative estimate of drug-likeness (QED) is 0.203. The van der Waals surface area contributed by atoms with Crippen molar-refractivity contribution in [2.24, 2.45) is 0 Å². The van der Waals surface area contributed by atoms with Crippen LogP contribution in [0.1, 0.15) is 0 Å². The Morgan fingerprint density at radius 2 is 1.45 bits per heavy atom. The van der Waals surface area contributed by atoms with E-state index in [1.807, 2.05) is 12.1 Å². The van der Waals surface area contributed by atoms with Crippen molar-refractivity contribution in [3.63, 3.8) is 0 Å². The van der Waals surface area contributed by atoms with Gasteiger partial charge in [0.15, 0.2) is 6.20 Å². The fraction of sp³-hybridized carbons (Fsp3) is 0. The van der Waals surface area contributed by atoms with Crippen LogP contribution in [0.3, 0.4) is 0 Å². The first-order valence-corrected chi connectivity index (χ1v) is 13.6. The number of fused-ring (bicyclic) bond motifs is 10. The number of rotatable bonds is 1. The molecule has 2 aliphatic heterocycles. The zero-order valence-corrected chi connectivity index (χ0v) is 21.3. The van der Waals surface area contributed by atoms with Crippen LogP contribution in [0.25, 0.3) is 55.2 Å². The molecule has 5 heterocycles. The van der Waals surface area contributed by atoms with Crippen LogP contribution in [0.2, 0.25) is 0 Å². The maximum atomic E-state index is 6.70. The van der Waals surface area contributed by atoms with Crippen molar-refractivity contribution in [1.29, 1.82) is 0 Å². The molecule has 0 saturated heterocycles. The number of ether oxygens (including phenoxy) is 1. The predicted molar refractivity (Wildman–Crippen MR) is 161 cm³/mol. The summed E-state index contributed by atoms with van der Waals surface area (Å²) >= 11 is 0. The van der Waals surface area contributed by atoms with E-state index >= 15 is 0 Å². The van der Waals surface area contributed by atoms with Gasteiger partial charge < -0.3 is 13.7 Å². The Kier molecular flexibility index (Phi) is 3.73. The predicted octanol–water partition coefficient (Wildman–Crippen LogP) is 5.90. The number of nitrogens with zero attached hydrogens (tertiary/aromatic N) is 2. The van der Waals surface area contributed by atoms with E-state index in [4.69, 9.17) is 9.15 Å². The van der Waals surface area contributed by atoms with Crippen LogP contribution < -0.4 is 25.7 Å². The van der Waals surface area contributed by atoms with Gasteiger partial charge in [0, 0.05) is 39.5 Å². The molecule has 0 spiro atoms. The Balaban J connectivity index is 1.24. The van der Waals surface area contributed by atoms with Gasteiger partial charge >= 0.3 is 5.71 Å². The number of para-hydroxylation sites is 3. The highest BCUT2D eigenvalue weighted by Crippen LogP contribution is 2.37. The second kappa shape index (κ2) is 7.22. The van der Waals surface area contributed by atoms with Crippen LogP contribution in [-0.4, -0.2) is 11.3 Å². The zero-order chi connectivity index (χ0) is 25.9. The lowest BCUT2D eigenvalue weighted by Gasteiger charge is -2.33. The lowest BCUT2D eigenvalue weighted by Crippen LogP contribution is -2.58. The molecule has 2 aliphatic rings. The summed E-state index contributed by atoms with van der Waals surface area (Å²) in [5.41, 5.74) is 10.2. The van der Waals surface area contributed by atoms with Gasteiger partial charge in [-0.15, -0.1) is 4.57 Å². The lowest BCUT2D eigenvalue weighted by atomic mass is 9.34. The molecule has 5 aromatic carbocycles. The number of aromatic nitrogens is 2. The van der Waals surface area contributed by atoms with Crippen LogP contribution in [0, 0.1) is 0 Å². The van der Waals surface area contributed by atoms with E-state index in [1.165, 1.54) is 43.9 Å². The largest absolute Gasteiger partial charge is 0.458 e. The maximum Gasteiger partial charge on any atom is 0.387 e. The minimum atomic E-state index is 0.0940. The summed E-state index contributed by atoms with van der Waals surface area (Å²) in [6.45, 7) is 0.0940. The summed E-state index contributed by atoms with van der Waals surface area (Å²) < 4.78 is 17.6. The molecule has 0 amide bonds. The Hall–Kier alpha value is -5.29. The Bertz CT molecular complexity index is 2380. The van der Waals surface area contributed by atoms with Gasteiger partial charge in [-0.2, -0.15) is 0 Å². The third-order valence-corrected chi connectivity index (χ3v) is 8.75. The maximum absolute atomic E-state index is 6.70. The van der Waals surface area contributed by atoms with Gasteiger partial charge in [-0.1, -0.05) is 66.7 Å². The lowest BCUT2D eigenvalue weighted by molar-refractivity contribution is -0.574. The van der Waals surface area contributed by atoms with Crippen molar-refractivity contribution >= 4 is 67.0 Å². The number of furan rings is 1. The molecule has 0 saturated carbocycles. The van der Waals surface area contributed by atoms with Crippen molar-refractivity contribution in [3.05, 3.63) is 121 Å². The molecule has 0 fully saturated rings. The monoisotopic (exact) mass is 511 g/mol. The summed E-state index contributed by atoms with van der Waals surface area (Å²) in [7, 11) is 0. The molecule has 3 aromatic heterocycles. The van der Waals surface area contributed by atoms with Crippen LogP contribution in [0.15, 0.2) is 126 Å². The molecule has 184 valence electrons. The first-order valence-electron chi connectivity index (χ1n) is 13.6. The van der Waals surface area contributed by atoms with Crippen molar-refractivity contribution in [2.75, 3.05) is 0 Å². The molecule has 40 heavy (non-hydrogen) atoms. The Labute approximate surface area is 229 Å². The smallest absolute Gasteiger partial charge is 0.387 e. The highest BCUT2D eigenvalue weighted by molar-refractivity contribution is 6.99. The van der Waals surface area contributed by atoms with Gasteiger partial charge in [0.2, 0.25) is 5.69 Å². The van der Waals surface area contributed by atoms with E-state index in [1.54, 1.807) is 0 Å². The summed E-state index contributed by atoms with van der Waals surface area (Å²) in [5, 5.41) is 4.79. The summed E-state index contributed by atoms with van der Waals surface area (Å²) in [6, 6.07) is 40.8. The van der Waals surface area contributed by atoms with Gasteiger partial charge in [0.1, 0.15) is 17.1 Å². The van der Waals surface area contributed by atoms with Gasteiger partial charge in [0.25, 0.3) is 6.71 Å². The summed E-state index contributed by atoms with van der Waals surface area (Å²) in [6.07, 6.45) is 2.06. The van der Waals surface area contributed by atoms with Gasteiger partial charge in [0.05, 0.1) is 17.0 Å². The average Bonchev–Trinajstić information content (AvgIpc) is 3.56. The van der Waals surface area contributed by atoms with Gasteiger partial charge in [-0.05, 0) is 46.7 Å². The molecule has 0 radical (unpaired) electrons. The molecule has 0 aliphatic carbocycles. The summed E-state index contributed by atoms with van der Waals surface area (Å²) in [4.78, 5) is 0. The second-order valence-electron chi connectivity index (χ2n) is 10.7. The molecule has 10 rings (SSSR count). The standard InChI is InChI=1S/C35H20BN2O2/c1-3-13-28-22(8-1)24-10-5-12-27-34(24)38(28)29-14-6-16-31-33(29)36(27)26-18-17-21(20-32(26)39-31)37-19-7-11-25-23-9-2-4-15-30(23)40-35(25)37/h1-20H/q+1. The van der Waals surface area contributed by atoms with E-state index in [-0.39, 0.29) is 6.71 Å². The first-order chi connectivity index (χ1) is 19.8. The van der Waals surface area contributed by atoms with Crippen molar-refractivity contribution in [3.8, 4) is 22.9 Å². The Morgan fingerprint density at radius 3 is 2.42 bits per heavy atom. The van der Waals surface area contributed by atoms with Crippen LogP contribution >= 0.6 is 0 Å². The van der Waals surface area contributed by atoms with E-state index in [0.29, 0.717) is 0 Å².